The van der Waals surface area contributed by atoms with Gasteiger partial charge >= 0.3 is 0 Å². The van der Waals surface area contributed by atoms with Gasteiger partial charge in [-0.15, -0.1) is 0 Å². The Hall–Kier alpha value is -0.990. The molecule has 0 amide bonds. The zero-order valence-corrected chi connectivity index (χ0v) is 9.23. The predicted octanol–water partition coefficient (Wildman–Crippen LogP) is 4.08. The first kappa shape index (κ1) is 9.56. The number of thiophene rings is 1. The molecule has 0 fully saturated rings. The molecular weight excluding hydrogens is 216 g/mol. The van der Waals surface area contributed by atoms with E-state index in [1.54, 1.807) is 18.4 Å². The molecule has 0 aliphatic heterocycles. The van der Waals surface area contributed by atoms with E-state index in [0.29, 0.717) is 0 Å². The molecule has 1 heterocycles. The van der Waals surface area contributed by atoms with E-state index < -0.39 is 0 Å². The van der Waals surface area contributed by atoms with Gasteiger partial charge in [0.25, 0.3) is 0 Å². The van der Waals surface area contributed by atoms with Crippen LogP contribution in [0.2, 0.25) is 5.02 Å². The van der Waals surface area contributed by atoms with Gasteiger partial charge in [-0.1, -0.05) is 23.7 Å². The maximum absolute atomic E-state index is 6.03. The van der Waals surface area contributed by atoms with Crippen LogP contribution in [0.4, 0.5) is 0 Å². The number of rotatable bonds is 2. The molecule has 0 aliphatic rings. The van der Waals surface area contributed by atoms with E-state index in [4.69, 9.17) is 16.3 Å². The van der Waals surface area contributed by atoms with Crippen LogP contribution in [0.5, 0.6) is 5.75 Å². The summed E-state index contributed by atoms with van der Waals surface area (Å²) >= 11 is 7.63. The Kier molecular flexibility index (Phi) is 2.75. The topological polar surface area (TPSA) is 9.23 Å². The van der Waals surface area contributed by atoms with Crippen LogP contribution in [-0.2, 0) is 0 Å². The van der Waals surface area contributed by atoms with Crippen LogP contribution in [0.1, 0.15) is 0 Å². The highest BCUT2D eigenvalue weighted by molar-refractivity contribution is 7.09. The molecule has 1 nitrogen and oxygen atoms in total. The Morgan fingerprint density at radius 1 is 1.14 bits per heavy atom. The summed E-state index contributed by atoms with van der Waals surface area (Å²) in [7, 11) is 1.66. The van der Waals surface area contributed by atoms with Gasteiger partial charge < -0.3 is 4.74 Å². The monoisotopic (exact) mass is 224 g/mol. The largest absolute Gasteiger partial charge is 0.497 e. The number of ether oxygens (including phenoxy) is 1. The Balaban J connectivity index is 2.39. The van der Waals surface area contributed by atoms with Gasteiger partial charge in [0.2, 0.25) is 0 Å². The van der Waals surface area contributed by atoms with Gasteiger partial charge in [-0.2, -0.15) is 11.3 Å². The maximum Gasteiger partial charge on any atom is 0.118 e. The normalized spacial score (nSPS) is 10.1. The van der Waals surface area contributed by atoms with Crippen LogP contribution in [0, 0.1) is 0 Å². The third kappa shape index (κ3) is 1.76. The van der Waals surface area contributed by atoms with Crippen molar-refractivity contribution in [1.29, 1.82) is 0 Å². The third-order valence-corrected chi connectivity index (χ3v) is 3.20. The molecule has 0 unspecified atom stereocenters. The lowest BCUT2D eigenvalue weighted by molar-refractivity contribution is 0.415. The summed E-state index contributed by atoms with van der Waals surface area (Å²) in [5.41, 5.74) is 2.20. The summed E-state index contributed by atoms with van der Waals surface area (Å²) in [5, 5.41) is 4.78. The first-order chi connectivity index (χ1) is 6.81. The average molecular weight is 225 g/mol. The molecule has 0 bridgehead atoms. The molecule has 72 valence electrons. The number of methoxy groups -OCH3 is 1. The Labute approximate surface area is 91.9 Å². The van der Waals surface area contributed by atoms with Gasteiger partial charge in [-0.25, -0.2) is 0 Å². The summed E-state index contributed by atoms with van der Waals surface area (Å²) in [6.07, 6.45) is 0. The first-order valence-electron chi connectivity index (χ1n) is 4.17. The number of benzene rings is 1. The zero-order chi connectivity index (χ0) is 9.97. The molecule has 3 heteroatoms. The first-order valence-corrected chi connectivity index (χ1v) is 5.49. The van der Waals surface area contributed by atoms with Gasteiger partial charge in [0.05, 0.1) is 12.1 Å². The van der Waals surface area contributed by atoms with Crippen molar-refractivity contribution in [2.75, 3.05) is 7.11 Å². The molecule has 1 aromatic carbocycles. The minimum atomic E-state index is 0.806. The van der Waals surface area contributed by atoms with Crippen LogP contribution in [0.3, 0.4) is 0 Å². The molecule has 0 aliphatic carbocycles. The van der Waals surface area contributed by atoms with Gasteiger partial charge in [-0.3, -0.25) is 0 Å². The second kappa shape index (κ2) is 4.03. The van der Waals surface area contributed by atoms with Crippen LogP contribution >= 0.6 is 22.9 Å². The number of halogens is 1. The van der Waals surface area contributed by atoms with Gasteiger partial charge in [-0.05, 0) is 17.7 Å². The molecule has 0 saturated heterocycles. The fourth-order valence-corrected chi connectivity index (χ4v) is 2.35. The molecule has 0 atom stereocenters. The average Bonchev–Trinajstić information content (AvgIpc) is 2.65. The highest BCUT2D eigenvalue weighted by atomic mass is 35.5. The van der Waals surface area contributed by atoms with Crippen molar-refractivity contribution < 1.29 is 4.74 Å². The van der Waals surface area contributed by atoms with Crippen LogP contribution in [0.15, 0.2) is 35.0 Å². The lowest BCUT2D eigenvalue weighted by Gasteiger charge is -2.01. The van der Waals surface area contributed by atoms with Crippen molar-refractivity contribution in [3.8, 4) is 16.9 Å². The van der Waals surface area contributed by atoms with Crippen molar-refractivity contribution in [3.05, 3.63) is 40.0 Å². The minimum absolute atomic E-state index is 0.806. The molecule has 1 aromatic heterocycles. The summed E-state index contributed by atoms with van der Waals surface area (Å²) in [6, 6.07) is 7.88. The number of hydrogen-bond donors (Lipinski definition) is 0. The smallest absolute Gasteiger partial charge is 0.118 e. The molecule has 0 N–H and O–H groups in total. The van der Waals surface area contributed by atoms with Crippen LogP contribution in [0.25, 0.3) is 11.1 Å². The van der Waals surface area contributed by atoms with E-state index in [2.05, 4.69) is 0 Å². The molecule has 2 aromatic rings. The lowest BCUT2D eigenvalue weighted by atomic mass is 10.1. The molecule has 0 spiro atoms. The Bertz CT molecular complexity index is 419. The molecule has 2 rings (SSSR count). The van der Waals surface area contributed by atoms with Gasteiger partial charge in [0, 0.05) is 16.3 Å². The Morgan fingerprint density at radius 2 is 1.86 bits per heavy atom. The maximum atomic E-state index is 6.03. The van der Waals surface area contributed by atoms with Crippen LogP contribution < -0.4 is 4.74 Å². The van der Waals surface area contributed by atoms with Crippen molar-refractivity contribution >= 4 is 22.9 Å². The summed E-state index contributed by atoms with van der Waals surface area (Å²) < 4.78 is 5.09. The van der Waals surface area contributed by atoms with Crippen molar-refractivity contribution in [3.63, 3.8) is 0 Å². The van der Waals surface area contributed by atoms with Crippen molar-refractivity contribution in [2.45, 2.75) is 0 Å². The second-order valence-electron chi connectivity index (χ2n) is 2.86. The fourth-order valence-electron chi connectivity index (χ4n) is 1.26. The third-order valence-electron chi connectivity index (χ3n) is 2.02. The minimum Gasteiger partial charge on any atom is -0.497 e. The van der Waals surface area contributed by atoms with E-state index in [-0.39, 0.29) is 0 Å². The zero-order valence-electron chi connectivity index (χ0n) is 7.66. The molecule has 0 radical (unpaired) electrons. The SMILES string of the molecule is COc1ccc(-c2cscc2Cl)cc1. The van der Waals surface area contributed by atoms with E-state index in [9.17, 15) is 0 Å². The fraction of sp³-hybridized carbons (Fsp3) is 0.0909. The molecule has 14 heavy (non-hydrogen) atoms. The molecule has 0 saturated carbocycles. The van der Waals surface area contributed by atoms with E-state index in [0.717, 1.165) is 21.9 Å². The van der Waals surface area contributed by atoms with E-state index in [1.165, 1.54) is 0 Å². The number of hydrogen-bond acceptors (Lipinski definition) is 2. The molecular formula is C11H9ClOS. The predicted molar refractivity (Wildman–Crippen MR) is 61.3 cm³/mol. The van der Waals surface area contributed by atoms with Crippen LogP contribution in [-0.4, -0.2) is 7.11 Å². The summed E-state index contributed by atoms with van der Waals surface area (Å²) in [5.74, 6) is 0.861. The lowest BCUT2D eigenvalue weighted by Crippen LogP contribution is -1.81. The van der Waals surface area contributed by atoms with Crippen molar-refractivity contribution in [1.82, 2.24) is 0 Å². The standard InChI is InChI=1S/C11H9ClOS/c1-13-9-4-2-8(3-5-9)10-6-14-7-11(10)12/h2-7H,1H3. The summed E-state index contributed by atoms with van der Waals surface area (Å²) in [4.78, 5) is 0. The Morgan fingerprint density at radius 3 is 2.36 bits per heavy atom. The second-order valence-corrected chi connectivity index (χ2v) is 4.01. The highest BCUT2D eigenvalue weighted by Crippen LogP contribution is 2.31. The van der Waals surface area contributed by atoms with Gasteiger partial charge in [0.1, 0.15) is 5.75 Å². The van der Waals surface area contributed by atoms with E-state index >= 15 is 0 Å². The highest BCUT2D eigenvalue weighted by Gasteiger charge is 2.03. The van der Waals surface area contributed by atoms with E-state index in [1.807, 2.05) is 35.0 Å². The van der Waals surface area contributed by atoms with Crippen molar-refractivity contribution in [2.24, 2.45) is 0 Å². The quantitative estimate of drug-likeness (QED) is 0.747. The van der Waals surface area contributed by atoms with Gasteiger partial charge in [0.15, 0.2) is 0 Å². The summed E-state index contributed by atoms with van der Waals surface area (Å²) in [6.45, 7) is 0.